The molecule has 2 N–H and O–H groups in total. The molecule has 1 aliphatic heterocycles. The number of benzene rings is 1. The van der Waals surface area contributed by atoms with Crippen LogP contribution in [0.4, 0.5) is 0 Å². The number of aromatic nitrogens is 1. The number of hydrogen-bond donors (Lipinski definition) is 2. The van der Waals surface area contributed by atoms with Gasteiger partial charge in [-0.3, -0.25) is 9.89 Å². The number of thiazole rings is 1. The Hall–Kier alpha value is -1.43. The first-order valence-corrected chi connectivity index (χ1v) is 11.5. The molecule has 9 heteroatoms. The van der Waals surface area contributed by atoms with Gasteiger partial charge in [-0.15, -0.1) is 35.3 Å². The van der Waals surface area contributed by atoms with Crippen molar-refractivity contribution in [3.63, 3.8) is 0 Å². The molecule has 0 aliphatic carbocycles. The summed E-state index contributed by atoms with van der Waals surface area (Å²) in [6.07, 6.45) is 3.91. The highest BCUT2D eigenvalue weighted by Crippen LogP contribution is 2.18. The third-order valence-electron chi connectivity index (χ3n) is 4.99. The Morgan fingerprint density at radius 3 is 2.81 bits per heavy atom. The van der Waals surface area contributed by atoms with Crippen LogP contribution in [0.5, 0.6) is 5.75 Å². The van der Waals surface area contributed by atoms with E-state index in [-0.39, 0.29) is 24.0 Å². The Kier molecular flexibility index (Phi) is 12.2. The van der Waals surface area contributed by atoms with Gasteiger partial charge in [-0.05, 0) is 12.5 Å². The van der Waals surface area contributed by atoms with Gasteiger partial charge in [0.2, 0.25) is 0 Å². The van der Waals surface area contributed by atoms with Crippen LogP contribution in [0.2, 0.25) is 0 Å². The van der Waals surface area contributed by atoms with Gasteiger partial charge < -0.3 is 20.1 Å². The molecule has 1 aliphatic rings. The molecule has 7 nitrogen and oxygen atoms in total. The quantitative estimate of drug-likeness (QED) is 0.265. The lowest BCUT2D eigenvalue weighted by Crippen LogP contribution is -2.39. The molecule has 0 amide bonds. The average Bonchev–Trinajstić information content (AvgIpc) is 3.25. The van der Waals surface area contributed by atoms with E-state index >= 15 is 0 Å². The molecule has 1 saturated heterocycles. The number of morpholine rings is 1. The van der Waals surface area contributed by atoms with E-state index in [1.165, 1.54) is 4.88 Å². The second-order valence-corrected chi connectivity index (χ2v) is 8.29. The van der Waals surface area contributed by atoms with Crippen molar-refractivity contribution >= 4 is 41.3 Å². The lowest BCUT2D eigenvalue weighted by molar-refractivity contribution is 0.0322. The maximum atomic E-state index is 6.07. The van der Waals surface area contributed by atoms with Crippen LogP contribution in [0, 0.1) is 0 Å². The molecule has 1 fully saturated rings. The number of ether oxygens (including phenoxy) is 2. The number of nitrogens with one attached hydrogen (secondary N) is 2. The molecule has 1 aromatic heterocycles. The van der Waals surface area contributed by atoms with E-state index < -0.39 is 0 Å². The predicted octanol–water partition coefficient (Wildman–Crippen LogP) is 2.94. The number of aliphatic imine (C=N–C) groups is 1. The zero-order valence-corrected chi connectivity index (χ0v) is 21.6. The largest absolute Gasteiger partial charge is 0.492 e. The molecule has 1 aromatic carbocycles. The summed E-state index contributed by atoms with van der Waals surface area (Å²) in [5.74, 6) is 1.70. The molecule has 2 heterocycles. The van der Waals surface area contributed by atoms with Gasteiger partial charge in [0.15, 0.2) is 5.96 Å². The highest BCUT2D eigenvalue weighted by molar-refractivity contribution is 14.0. The zero-order valence-electron chi connectivity index (χ0n) is 18.4. The smallest absolute Gasteiger partial charge is 0.191 e. The van der Waals surface area contributed by atoms with E-state index in [4.69, 9.17) is 9.47 Å². The third-order valence-corrected chi connectivity index (χ3v) is 6.19. The summed E-state index contributed by atoms with van der Waals surface area (Å²) in [4.78, 5) is 12.5. The van der Waals surface area contributed by atoms with Crippen LogP contribution in [0.15, 0.2) is 35.5 Å². The summed E-state index contributed by atoms with van der Waals surface area (Å²) >= 11 is 1.78. The molecule has 0 atom stereocenters. The van der Waals surface area contributed by atoms with E-state index in [0.717, 1.165) is 74.5 Å². The number of aryl methyl sites for hydroxylation is 1. The highest BCUT2D eigenvalue weighted by atomic mass is 127. The summed E-state index contributed by atoms with van der Waals surface area (Å²) in [6.45, 7) is 8.81. The fourth-order valence-corrected chi connectivity index (χ4v) is 4.08. The van der Waals surface area contributed by atoms with Gasteiger partial charge in [0.25, 0.3) is 0 Å². The van der Waals surface area contributed by atoms with E-state index in [1.807, 2.05) is 24.4 Å². The van der Waals surface area contributed by atoms with Gasteiger partial charge in [0.1, 0.15) is 12.4 Å². The van der Waals surface area contributed by atoms with Gasteiger partial charge in [-0.1, -0.05) is 25.1 Å². The average molecular weight is 560 g/mol. The fourth-order valence-electron chi connectivity index (χ4n) is 3.21. The minimum Gasteiger partial charge on any atom is -0.492 e. The van der Waals surface area contributed by atoms with E-state index in [1.54, 1.807) is 18.4 Å². The van der Waals surface area contributed by atoms with E-state index in [0.29, 0.717) is 13.2 Å². The molecular weight excluding hydrogens is 525 g/mol. The minimum absolute atomic E-state index is 0. The van der Waals surface area contributed by atoms with Crippen LogP contribution >= 0.6 is 35.3 Å². The van der Waals surface area contributed by atoms with Crippen LogP contribution in [0.3, 0.4) is 0 Å². The second kappa shape index (κ2) is 14.6. The molecule has 172 valence electrons. The molecule has 31 heavy (non-hydrogen) atoms. The summed E-state index contributed by atoms with van der Waals surface area (Å²) < 4.78 is 11.5. The molecule has 0 radical (unpaired) electrons. The van der Waals surface area contributed by atoms with E-state index in [9.17, 15) is 0 Å². The van der Waals surface area contributed by atoms with Crippen molar-refractivity contribution in [3.8, 4) is 5.75 Å². The van der Waals surface area contributed by atoms with Crippen LogP contribution in [0.1, 0.15) is 22.4 Å². The fraction of sp³-hybridized carbons (Fsp3) is 0.545. The van der Waals surface area contributed by atoms with Crippen molar-refractivity contribution in [2.45, 2.75) is 26.3 Å². The Bertz CT molecular complexity index is 796. The van der Waals surface area contributed by atoms with Crippen LogP contribution in [-0.2, 0) is 24.1 Å². The summed E-state index contributed by atoms with van der Waals surface area (Å²) in [5.41, 5.74) is 1.12. The number of hydrogen-bond acceptors (Lipinski definition) is 6. The molecular formula is C22H34IN5O2S. The number of para-hydroxylation sites is 1. The maximum Gasteiger partial charge on any atom is 0.191 e. The topological polar surface area (TPSA) is 71.0 Å². The third kappa shape index (κ3) is 8.91. The Balaban J connectivity index is 0.00000341. The normalized spacial score (nSPS) is 14.7. The van der Waals surface area contributed by atoms with E-state index in [2.05, 4.69) is 38.5 Å². The molecule has 0 spiro atoms. The van der Waals surface area contributed by atoms with Crippen molar-refractivity contribution in [3.05, 3.63) is 45.9 Å². The van der Waals surface area contributed by atoms with Crippen LogP contribution in [0.25, 0.3) is 0 Å². The van der Waals surface area contributed by atoms with Crippen molar-refractivity contribution in [2.24, 2.45) is 4.99 Å². The lowest BCUT2D eigenvalue weighted by Gasteiger charge is -2.26. The van der Waals surface area contributed by atoms with Gasteiger partial charge in [-0.2, -0.15) is 0 Å². The van der Waals surface area contributed by atoms with Crippen molar-refractivity contribution in [2.75, 3.05) is 53.0 Å². The van der Waals surface area contributed by atoms with Crippen molar-refractivity contribution in [1.29, 1.82) is 0 Å². The number of guanidine groups is 1. The molecule has 0 bridgehead atoms. The first-order valence-electron chi connectivity index (χ1n) is 10.7. The minimum atomic E-state index is 0. The molecule has 0 saturated carbocycles. The molecule has 0 unspecified atom stereocenters. The van der Waals surface area contributed by atoms with Crippen LogP contribution < -0.4 is 15.4 Å². The first kappa shape index (κ1) is 25.8. The van der Waals surface area contributed by atoms with Crippen molar-refractivity contribution < 1.29 is 9.47 Å². The summed E-state index contributed by atoms with van der Waals surface area (Å²) in [6, 6.07) is 8.17. The summed E-state index contributed by atoms with van der Waals surface area (Å²) in [5, 5.41) is 7.91. The van der Waals surface area contributed by atoms with Gasteiger partial charge in [0.05, 0.1) is 18.2 Å². The number of nitrogens with zero attached hydrogens (tertiary/aromatic N) is 3. The SMILES string of the molecule is CCc1cnc(CCNC(=NC)NCc2ccccc2OCCN2CCOCC2)s1.I. The van der Waals surface area contributed by atoms with Gasteiger partial charge >= 0.3 is 0 Å². The molecule has 2 aromatic rings. The Labute approximate surface area is 206 Å². The number of halogens is 1. The van der Waals surface area contributed by atoms with Gasteiger partial charge in [-0.25, -0.2) is 4.98 Å². The summed E-state index contributed by atoms with van der Waals surface area (Å²) in [7, 11) is 1.79. The molecule has 3 rings (SSSR count). The van der Waals surface area contributed by atoms with Gasteiger partial charge in [0, 0.05) is 62.8 Å². The predicted molar refractivity (Wildman–Crippen MR) is 138 cm³/mol. The highest BCUT2D eigenvalue weighted by Gasteiger charge is 2.11. The first-order chi connectivity index (χ1) is 14.8. The van der Waals surface area contributed by atoms with Crippen LogP contribution in [-0.4, -0.2) is 68.9 Å². The monoisotopic (exact) mass is 559 g/mol. The Morgan fingerprint density at radius 1 is 1.26 bits per heavy atom. The standard InChI is InChI=1S/C22H33N5O2S.HI/c1-3-19-17-25-21(30-19)8-9-24-22(23-2)26-16-18-6-4-5-7-20(18)29-15-12-27-10-13-28-14-11-27;/h4-7,17H,3,8-16H2,1-2H3,(H2,23,24,26);1H. The number of rotatable bonds is 10. The Morgan fingerprint density at radius 2 is 2.06 bits per heavy atom. The van der Waals surface area contributed by atoms with Crippen molar-refractivity contribution in [1.82, 2.24) is 20.5 Å². The maximum absolute atomic E-state index is 6.07. The second-order valence-electron chi connectivity index (χ2n) is 7.09. The zero-order chi connectivity index (χ0) is 21.0. The lowest BCUT2D eigenvalue weighted by atomic mass is 10.2.